The van der Waals surface area contributed by atoms with Crippen LogP contribution in [0.4, 0.5) is 0 Å². The second kappa shape index (κ2) is 11.5. The number of nitrogens with one attached hydrogen (secondary N) is 1. The van der Waals surface area contributed by atoms with Gasteiger partial charge in [0.2, 0.25) is 0 Å². The highest BCUT2D eigenvalue weighted by Crippen LogP contribution is 2.25. The highest BCUT2D eigenvalue weighted by Gasteiger charge is 2.25. The lowest BCUT2D eigenvalue weighted by molar-refractivity contribution is 0.0878. The summed E-state index contributed by atoms with van der Waals surface area (Å²) < 4.78 is 11.2. The van der Waals surface area contributed by atoms with E-state index in [2.05, 4.69) is 72.4 Å². The summed E-state index contributed by atoms with van der Waals surface area (Å²) in [6, 6.07) is 18.0. The molecular weight excluding hydrogens is 440 g/mol. The normalized spacial score (nSPS) is 15.8. The summed E-state index contributed by atoms with van der Waals surface area (Å²) in [7, 11) is 2.15. The molecule has 1 saturated heterocycles. The van der Waals surface area contributed by atoms with Gasteiger partial charge < -0.3 is 19.5 Å². The number of carbonyl (C=O) groups is 1. The molecule has 0 saturated carbocycles. The smallest absolute Gasteiger partial charge is 0.273 e. The largest absolute Gasteiger partial charge is 0.493 e. The number of aryl methyl sites for hydroxylation is 1. The van der Waals surface area contributed by atoms with Crippen molar-refractivity contribution in [1.29, 1.82) is 0 Å². The second-order valence-electron chi connectivity index (χ2n) is 9.78. The number of piperazine rings is 1. The average Bonchev–Trinajstić information content (AvgIpc) is 3.36. The van der Waals surface area contributed by atoms with E-state index in [9.17, 15) is 4.79 Å². The Kier molecular flexibility index (Phi) is 8.21. The molecule has 2 aromatic carbocycles. The Morgan fingerprint density at radius 2 is 1.74 bits per heavy atom. The lowest BCUT2D eigenvalue weighted by Crippen LogP contribution is -2.48. The molecule has 4 rings (SSSR count). The van der Waals surface area contributed by atoms with Crippen LogP contribution in [0.3, 0.4) is 0 Å². The lowest BCUT2D eigenvalue weighted by Gasteiger charge is -2.38. The quantitative estimate of drug-likeness (QED) is 0.494. The van der Waals surface area contributed by atoms with Crippen LogP contribution in [0, 0.1) is 12.8 Å². The Balaban J connectivity index is 1.40. The van der Waals surface area contributed by atoms with Crippen LogP contribution in [-0.2, 0) is 0 Å². The number of nitrogens with zero attached hydrogens (tertiary/aromatic N) is 3. The zero-order chi connectivity index (χ0) is 24.8. The van der Waals surface area contributed by atoms with Gasteiger partial charge in [0.25, 0.3) is 5.91 Å². The van der Waals surface area contributed by atoms with Gasteiger partial charge >= 0.3 is 0 Å². The number of hydrogen-bond acceptors (Lipinski definition) is 6. The van der Waals surface area contributed by atoms with Crippen LogP contribution in [0.2, 0.25) is 0 Å². The van der Waals surface area contributed by atoms with Crippen LogP contribution < -0.4 is 10.1 Å². The topological polar surface area (TPSA) is 70.8 Å². The van der Waals surface area contributed by atoms with Gasteiger partial charge in [0.1, 0.15) is 5.75 Å². The minimum absolute atomic E-state index is 0.109. The van der Waals surface area contributed by atoms with Crippen LogP contribution in [0.1, 0.15) is 41.5 Å². The Morgan fingerprint density at radius 3 is 2.40 bits per heavy atom. The fraction of sp³-hybridized carbons (Fsp3) is 0.429. The molecule has 1 aliphatic rings. The summed E-state index contributed by atoms with van der Waals surface area (Å²) in [5.74, 6) is 1.60. The van der Waals surface area contributed by atoms with Crippen molar-refractivity contribution in [3.8, 4) is 17.1 Å². The van der Waals surface area contributed by atoms with Crippen LogP contribution in [0.15, 0.2) is 59.1 Å². The van der Waals surface area contributed by atoms with Crippen LogP contribution in [0.25, 0.3) is 11.3 Å². The number of benzene rings is 2. The summed E-state index contributed by atoms with van der Waals surface area (Å²) >= 11 is 0. The molecule has 1 fully saturated rings. The van der Waals surface area contributed by atoms with E-state index >= 15 is 0 Å². The Labute approximate surface area is 208 Å². The van der Waals surface area contributed by atoms with Crippen molar-refractivity contribution in [2.75, 3.05) is 46.4 Å². The first-order chi connectivity index (χ1) is 16.9. The number of rotatable bonds is 9. The second-order valence-corrected chi connectivity index (χ2v) is 9.78. The van der Waals surface area contributed by atoms with E-state index in [1.165, 1.54) is 11.1 Å². The van der Waals surface area contributed by atoms with Gasteiger partial charge in [0.05, 0.1) is 12.6 Å². The Bertz CT molecular complexity index is 1080. The highest BCUT2D eigenvalue weighted by atomic mass is 16.5. The third kappa shape index (κ3) is 6.71. The number of aromatic nitrogens is 1. The standard InChI is InChI=1S/C28H36N4O3/c1-20(2)19-34-24-11-9-23(10-12-24)27-17-25(30-35-27)28(33)29-18-26(22-7-5-21(3)6-8-22)32-15-13-31(4)14-16-32/h5-12,17,20,26H,13-16,18-19H2,1-4H3,(H,29,33)/t26-/m1/s1. The van der Waals surface area contributed by atoms with Crippen molar-refractivity contribution >= 4 is 5.91 Å². The van der Waals surface area contributed by atoms with Gasteiger partial charge in [0.15, 0.2) is 11.5 Å². The molecule has 7 nitrogen and oxygen atoms in total. The SMILES string of the molecule is Cc1ccc([C@@H](CNC(=O)c2cc(-c3ccc(OCC(C)C)cc3)on2)N2CCN(C)CC2)cc1. The van der Waals surface area contributed by atoms with Crippen LogP contribution in [-0.4, -0.2) is 67.2 Å². The number of carbonyl (C=O) groups excluding carboxylic acids is 1. The molecule has 35 heavy (non-hydrogen) atoms. The summed E-state index contributed by atoms with van der Waals surface area (Å²) in [6.07, 6.45) is 0. The first-order valence-electron chi connectivity index (χ1n) is 12.4. The van der Waals surface area contributed by atoms with Gasteiger partial charge in [-0.25, -0.2) is 0 Å². The molecule has 1 amide bonds. The third-order valence-electron chi connectivity index (χ3n) is 6.36. The molecule has 0 unspecified atom stereocenters. The van der Waals surface area contributed by atoms with Crippen LogP contribution in [0.5, 0.6) is 5.75 Å². The van der Waals surface area contributed by atoms with Crippen LogP contribution >= 0.6 is 0 Å². The fourth-order valence-electron chi connectivity index (χ4n) is 4.16. The van der Waals surface area contributed by atoms with Crippen molar-refractivity contribution in [2.24, 2.45) is 5.92 Å². The van der Waals surface area contributed by atoms with Crippen molar-refractivity contribution in [3.05, 3.63) is 71.4 Å². The van der Waals surface area contributed by atoms with E-state index in [-0.39, 0.29) is 17.6 Å². The fourth-order valence-corrected chi connectivity index (χ4v) is 4.16. The molecule has 186 valence electrons. The number of hydrogen-bond donors (Lipinski definition) is 1. The average molecular weight is 477 g/mol. The van der Waals surface area contributed by atoms with Gasteiger partial charge in [-0.1, -0.05) is 48.8 Å². The predicted octanol–water partition coefficient (Wildman–Crippen LogP) is 4.40. The van der Waals surface area contributed by atoms with E-state index in [0.717, 1.165) is 37.5 Å². The monoisotopic (exact) mass is 476 g/mol. The van der Waals surface area contributed by atoms with E-state index in [1.807, 2.05) is 24.3 Å². The van der Waals surface area contributed by atoms with Gasteiger partial charge in [0, 0.05) is 44.4 Å². The first kappa shape index (κ1) is 24.9. The van der Waals surface area contributed by atoms with Gasteiger partial charge in [-0.15, -0.1) is 0 Å². The lowest BCUT2D eigenvalue weighted by atomic mass is 10.0. The molecule has 0 bridgehead atoms. The first-order valence-corrected chi connectivity index (χ1v) is 12.4. The predicted molar refractivity (Wildman–Crippen MR) is 138 cm³/mol. The Morgan fingerprint density at radius 1 is 1.06 bits per heavy atom. The minimum atomic E-state index is -0.233. The highest BCUT2D eigenvalue weighted by molar-refractivity contribution is 5.93. The summed E-state index contributed by atoms with van der Waals surface area (Å²) in [4.78, 5) is 17.7. The minimum Gasteiger partial charge on any atom is -0.493 e. The van der Waals surface area contributed by atoms with Gasteiger partial charge in [-0.05, 0) is 49.7 Å². The number of ether oxygens (including phenoxy) is 1. The van der Waals surface area contributed by atoms with E-state index in [1.54, 1.807) is 6.07 Å². The molecule has 0 aliphatic carbocycles. The molecule has 1 atom stereocenters. The maximum atomic E-state index is 12.9. The van der Waals surface area contributed by atoms with Crippen molar-refractivity contribution in [3.63, 3.8) is 0 Å². The molecule has 2 heterocycles. The van der Waals surface area contributed by atoms with Gasteiger partial charge in [-0.3, -0.25) is 9.69 Å². The van der Waals surface area contributed by atoms with Crippen molar-refractivity contribution in [1.82, 2.24) is 20.3 Å². The third-order valence-corrected chi connectivity index (χ3v) is 6.36. The number of likely N-dealkylation sites (N-methyl/N-ethyl adjacent to an activating group) is 1. The summed E-state index contributed by atoms with van der Waals surface area (Å²) in [5.41, 5.74) is 3.57. The van der Waals surface area contributed by atoms with Crippen molar-refractivity contribution < 1.29 is 14.1 Å². The summed E-state index contributed by atoms with van der Waals surface area (Å²) in [6.45, 7) is 11.5. The molecule has 1 aromatic heterocycles. The summed E-state index contributed by atoms with van der Waals surface area (Å²) in [5, 5.41) is 7.11. The molecule has 0 radical (unpaired) electrons. The zero-order valence-corrected chi connectivity index (χ0v) is 21.2. The van der Waals surface area contributed by atoms with E-state index < -0.39 is 0 Å². The maximum absolute atomic E-state index is 12.9. The van der Waals surface area contributed by atoms with E-state index in [0.29, 0.717) is 24.8 Å². The van der Waals surface area contributed by atoms with Crippen molar-refractivity contribution in [2.45, 2.75) is 26.8 Å². The molecule has 1 N–H and O–H groups in total. The maximum Gasteiger partial charge on any atom is 0.273 e. The Hall–Kier alpha value is -3.16. The van der Waals surface area contributed by atoms with E-state index in [4.69, 9.17) is 9.26 Å². The molecule has 1 aliphatic heterocycles. The van der Waals surface area contributed by atoms with Gasteiger partial charge in [-0.2, -0.15) is 0 Å². The number of amides is 1. The molecule has 0 spiro atoms. The molecular formula is C28H36N4O3. The molecule has 7 heteroatoms. The zero-order valence-electron chi connectivity index (χ0n) is 21.2. The molecule has 3 aromatic rings.